The molecule has 0 radical (unpaired) electrons. The van der Waals surface area contributed by atoms with Crippen LogP contribution in [-0.4, -0.2) is 20.6 Å². The lowest BCUT2D eigenvalue weighted by atomic mass is 10.1. The van der Waals surface area contributed by atoms with E-state index in [1.807, 2.05) is 50.2 Å². The van der Waals surface area contributed by atoms with E-state index < -0.39 is 0 Å². The number of rotatable bonds is 3. The summed E-state index contributed by atoms with van der Waals surface area (Å²) >= 11 is 0. The topological polar surface area (TPSA) is 59.8 Å². The number of benzene rings is 1. The molecule has 0 saturated carbocycles. The zero-order valence-corrected chi connectivity index (χ0v) is 12.9. The number of hydrogen-bond donors (Lipinski definition) is 1. The largest absolute Gasteiger partial charge is 0.367 e. The number of hydrogen-bond acceptors (Lipinski definition) is 4. The van der Waals surface area contributed by atoms with E-state index >= 15 is 0 Å². The van der Waals surface area contributed by atoms with Crippen LogP contribution in [0.2, 0.25) is 0 Å². The second kappa shape index (κ2) is 5.60. The van der Waals surface area contributed by atoms with Gasteiger partial charge in [0.15, 0.2) is 0 Å². The molecule has 1 aromatic carbocycles. The van der Waals surface area contributed by atoms with Gasteiger partial charge in [-0.25, -0.2) is 9.97 Å². The fourth-order valence-electron chi connectivity index (χ4n) is 2.36. The first kappa shape index (κ1) is 14.3. The zero-order valence-electron chi connectivity index (χ0n) is 12.9. The Hall–Kier alpha value is -2.69. The summed E-state index contributed by atoms with van der Waals surface area (Å²) in [5, 5.41) is 3.79. The maximum Gasteiger partial charge on any atom is 0.264 e. The number of aromatic nitrogens is 3. The summed E-state index contributed by atoms with van der Waals surface area (Å²) in [5.74, 6) is 0.583. The van der Waals surface area contributed by atoms with E-state index in [0.29, 0.717) is 16.7 Å². The van der Waals surface area contributed by atoms with Crippen LogP contribution >= 0.6 is 0 Å². The van der Waals surface area contributed by atoms with Crippen molar-refractivity contribution in [3.05, 3.63) is 53.1 Å². The summed E-state index contributed by atoms with van der Waals surface area (Å²) in [4.78, 5) is 21.4. The number of aryl methyl sites for hydroxylation is 1. The van der Waals surface area contributed by atoms with Crippen molar-refractivity contribution in [1.82, 2.24) is 14.5 Å². The minimum absolute atomic E-state index is 0.0970. The van der Waals surface area contributed by atoms with Crippen molar-refractivity contribution < 1.29 is 0 Å². The maximum atomic E-state index is 12.4. The molecule has 0 amide bonds. The van der Waals surface area contributed by atoms with Gasteiger partial charge in [-0.2, -0.15) is 0 Å². The fourth-order valence-corrected chi connectivity index (χ4v) is 2.36. The smallest absolute Gasteiger partial charge is 0.264 e. The standard InChI is InChI=1S/C17H18N4O/c1-11(2)19-16-15-14(18-10-21(3)17(15)22)9-13(20-16)12-7-5-4-6-8-12/h4-11H,1-3H3,(H,19,20). The predicted molar refractivity (Wildman–Crippen MR) is 89.0 cm³/mol. The van der Waals surface area contributed by atoms with Crippen molar-refractivity contribution in [2.24, 2.45) is 7.05 Å². The van der Waals surface area contributed by atoms with Crippen LogP contribution in [-0.2, 0) is 7.05 Å². The van der Waals surface area contributed by atoms with Gasteiger partial charge in [0.2, 0.25) is 0 Å². The first-order chi connectivity index (χ1) is 10.6. The van der Waals surface area contributed by atoms with Crippen LogP contribution in [0, 0.1) is 0 Å². The van der Waals surface area contributed by atoms with Crippen molar-refractivity contribution in [3.8, 4) is 11.3 Å². The minimum atomic E-state index is -0.0970. The lowest BCUT2D eigenvalue weighted by molar-refractivity contribution is 0.839. The summed E-state index contributed by atoms with van der Waals surface area (Å²) in [7, 11) is 1.69. The monoisotopic (exact) mass is 294 g/mol. The number of fused-ring (bicyclic) bond motifs is 1. The third-order valence-electron chi connectivity index (χ3n) is 3.40. The van der Waals surface area contributed by atoms with Crippen molar-refractivity contribution in [2.75, 3.05) is 5.32 Å². The van der Waals surface area contributed by atoms with Crippen LogP contribution in [0.5, 0.6) is 0 Å². The molecule has 0 fully saturated rings. The van der Waals surface area contributed by atoms with Gasteiger partial charge >= 0.3 is 0 Å². The molecule has 5 heteroatoms. The van der Waals surface area contributed by atoms with E-state index in [9.17, 15) is 4.79 Å². The van der Waals surface area contributed by atoms with Crippen molar-refractivity contribution in [3.63, 3.8) is 0 Å². The van der Waals surface area contributed by atoms with E-state index in [-0.39, 0.29) is 11.6 Å². The molecular formula is C17H18N4O. The van der Waals surface area contributed by atoms with Gasteiger partial charge in [0.05, 0.1) is 17.5 Å². The predicted octanol–water partition coefficient (Wildman–Crippen LogP) is 2.82. The first-order valence-electron chi connectivity index (χ1n) is 7.24. The van der Waals surface area contributed by atoms with Gasteiger partial charge in [0, 0.05) is 18.7 Å². The van der Waals surface area contributed by atoms with Gasteiger partial charge < -0.3 is 9.88 Å². The fraction of sp³-hybridized carbons (Fsp3) is 0.235. The van der Waals surface area contributed by atoms with E-state index in [1.54, 1.807) is 13.4 Å². The molecule has 2 aromatic heterocycles. The van der Waals surface area contributed by atoms with E-state index in [4.69, 9.17) is 0 Å². The highest BCUT2D eigenvalue weighted by molar-refractivity contribution is 5.91. The van der Waals surface area contributed by atoms with Crippen LogP contribution in [0.1, 0.15) is 13.8 Å². The van der Waals surface area contributed by atoms with Crippen LogP contribution in [0.4, 0.5) is 5.82 Å². The number of nitrogens with one attached hydrogen (secondary N) is 1. The van der Waals surface area contributed by atoms with Crippen LogP contribution < -0.4 is 10.9 Å². The summed E-state index contributed by atoms with van der Waals surface area (Å²) in [6.45, 7) is 4.03. The highest BCUT2D eigenvalue weighted by atomic mass is 16.1. The summed E-state index contributed by atoms with van der Waals surface area (Å²) in [5.41, 5.74) is 2.36. The Labute approximate surface area is 128 Å². The Bertz CT molecular complexity index is 869. The Morgan fingerprint density at radius 3 is 2.59 bits per heavy atom. The zero-order chi connectivity index (χ0) is 15.7. The van der Waals surface area contributed by atoms with Crippen molar-refractivity contribution in [2.45, 2.75) is 19.9 Å². The van der Waals surface area contributed by atoms with Gasteiger partial charge in [-0.15, -0.1) is 0 Å². The number of anilines is 1. The van der Waals surface area contributed by atoms with Gasteiger partial charge in [0.25, 0.3) is 5.56 Å². The molecular weight excluding hydrogens is 276 g/mol. The summed E-state index contributed by atoms with van der Waals surface area (Å²) in [6.07, 6.45) is 1.54. The molecule has 0 spiro atoms. The molecule has 0 aliphatic carbocycles. The Balaban J connectivity index is 2.30. The normalized spacial score (nSPS) is 11.1. The van der Waals surface area contributed by atoms with Gasteiger partial charge in [0.1, 0.15) is 11.2 Å². The highest BCUT2D eigenvalue weighted by Gasteiger charge is 2.13. The maximum absolute atomic E-state index is 12.4. The Morgan fingerprint density at radius 1 is 1.18 bits per heavy atom. The summed E-state index contributed by atoms with van der Waals surface area (Å²) < 4.78 is 1.47. The molecule has 1 N–H and O–H groups in total. The SMILES string of the molecule is CC(C)Nc1nc(-c2ccccc2)cc2ncn(C)c(=O)c12. The highest BCUT2D eigenvalue weighted by Crippen LogP contribution is 2.24. The van der Waals surface area contributed by atoms with Gasteiger partial charge in [-0.05, 0) is 19.9 Å². The van der Waals surface area contributed by atoms with E-state index in [1.165, 1.54) is 4.57 Å². The van der Waals surface area contributed by atoms with Crippen LogP contribution in [0.25, 0.3) is 22.2 Å². The Morgan fingerprint density at radius 2 is 1.91 bits per heavy atom. The molecule has 0 aliphatic rings. The molecule has 3 rings (SSSR count). The number of nitrogens with zero attached hydrogens (tertiary/aromatic N) is 3. The second-order valence-corrected chi connectivity index (χ2v) is 5.58. The molecule has 112 valence electrons. The molecule has 0 bridgehead atoms. The Kier molecular flexibility index (Phi) is 3.63. The quantitative estimate of drug-likeness (QED) is 0.807. The molecule has 22 heavy (non-hydrogen) atoms. The molecule has 0 atom stereocenters. The van der Waals surface area contributed by atoms with E-state index in [0.717, 1.165) is 11.3 Å². The number of pyridine rings is 1. The molecule has 0 aliphatic heterocycles. The first-order valence-corrected chi connectivity index (χ1v) is 7.24. The third kappa shape index (κ3) is 2.57. The average molecular weight is 294 g/mol. The molecule has 2 heterocycles. The van der Waals surface area contributed by atoms with Crippen LogP contribution in [0.15, 0.2) is 47.5 Å². The van der Waals surface area contributed by atoms with Crippen LogP contribution in [0.3, 0.4) is 0 Å². The van der Waals surface area contributed by atoms with Gasteiger partial charge in [-0.1, -0.05) is 30.3 Å². The van der Waals surface area contributed by atoms with Crippen molar-refractivity contribution >= 4 is 16.7 Å². The van der Waals surface area contributed by atoms with E-state index in [2.05, 4.69) is 15.3 Å². The lowest BCUT2D eigenvalue weighted by Gasteiger charge is -2.13. The lowest BCUT2D eigenvalue weighted by Crippen LogP contribution is -2.21. The molecule has 0 saturated heterocycles. The molecule has 0 unspecified atom stereocenters. The second-order valence-electron chi connectivity index (χ2n) is 5.58. The summed E-state index contributed by atoms with van der Waals surface area (Å²) in [6, 6.07) is 11.9. The average Bonchev–Trinajstić information content (AvgIpc) is 2.51. The van der Waals surface area contributed by atoms with Gasteiger partial charge in [-0.3, -0.25) is 4.79 Å². The molecule has 5 nitrogen and oxygen atoms in total. The molecule has 3 aromatic rings. The van der Waals surface area contributed by atoms with Crippen molar-refractivity contribution in [1.29, 1.82) is 0 Å². The third-order valence-corrected chi connectivity index (χ3v) is 3.40. The minimum Gasteiger partial charge on any atom is -0.367 e.